The number of nitrogen functional groups attached to an aromatic ring is 1. The minimum Gasteiger partial charge on any atom is -0.399 e. The summed E-state index contributed by atoms with van der Waals surface area (Å²) >= 11 is 1.39. The number of amides is 1. The van der Waals surface area contributed by atoms with Gasteiger partial charge in [-0.1, -0.05) is 0 Å². The number of nitrogens with two attached hydrogens (primary N) is 1. The van der Waals surface area contributed by atoms with Gasteiger partial charge in [-0.3, -0.25) is 9.78 Å². The highest BCUT2D eigenvalue weighted by molar-refractivity contribution is 7.11. The lowest BCUT2D eigenvalue weighted by molar-refractivity contribution is 0.0751. The minimum atomic E-state index is 0.0875. The van der Waals surface area contributed by atoms with Crippen molar-refractivity contribution in [3.05, 3.63) is 40.8 Å². The highest BCUT2D eigenvalue weighted by Gasteiger charge is 2.22. The molecule has 5 nitrogen and oxygen atoms in total. The molecule has 0 saturated carbocycles. The summed E-state index contributed by atoms with van der Waals surface area (Å²) < 4.78 is 0. The summed E-state index contributed by atoms with van der Waals surface area (Å²) in [7, 11) is 0. The zero-order valence-electron chi connectivity index (χ0n) is 11.0. The van der Waals surface area contributed by atoms with E-state index in [9.17, 15) is 4.79 Å². The second-order valence-corrected chi connectivity index (χ2v) is 5.62. The normalized spacial score (nSPS) is 15.4. The second-order valence-electron chi connectivity index (χ2n) is 4.74. The van der Waals surface area contributed by atoms with Crippen molar-refractivity contribution in [2.24, 2.45) is 0 Å². The molecule has 0 radical (unpaired) electrons. The molecule has 0 aliphatic carbocycles. The number of carbonyl (C=O) groups excluding carboxylic acids is 1. The van der Waals surface area contributed by atoms with Crippen LogP contribution in [-0.4, -0.2) is 42.0 Å². The van der Waals surface area contributed by atoms with Gasteiger partial charge in [-0.05, 0) is 24.3 Å². The molecule has 6 heteroatoms. The predicted molar refractivity (Wildman–Crippen MR) is 81.1 cm³/mol. The largest absolute Gasteiger partial charge is 0.399 e. The van der Waals surface area contributed by atoms with Crippen molar-refractivity contribution in [1.29, 1.82) is 0 Å². The van der Waals surface area contributed by atoms with Crippen molar-refractivity contribution >= 4 is 28.6 Å². The number of carbonyl (C=O) groups is 1. The molecular formula is C14H16N4OS. The van der Waals surface area contributed by atoms with Crippen LogP contribution in [0.4, 0.5) is 11.4 Å². The van der Waals surface area contributed by atoms with Crippen LogP contribution >= 0.6 is 11.3 Å². The first-order chi connectivity index (χ1) is 9.74. The summed E-state index contributed by atoms with van der Waals surface area (Å²) in [6.45, 7) is 3.16. The maximum absolute atomic E-state index is 12.2. The van der Waals surface area contributed by atoms with Gasteiger partial charge in [0.2, 0.25) is 0 Å². The van der Waals surface area contributed by atoms with Crippen molar-refractivity contribution in [2.45, 2.75) is 0 Å². The van der Waals surface area contributed by atoms with E-state index in [1.165, 1.54) is 11.3 Å². The highest BCUT2D eigenvalue weighted by Crippen LogP contribution is 2.19. The van der Waals surface area contributed by atoms with Crippen molar-refractivity contribution in [1.82, 2.24) is 9.88 Å². The van der Waals surface area contributed by atoms with Crippen LogP contribution in [0.1, 0.15) is 9.67 Å². The van der Waals surface area contributed by atoms with E-state index in [-0.39, 0.29) is 5.91 Å². The standard InChI is InChI=1S/C14H16N4OS/c15-11-1-3-12(4-2-11)17-5-7-18(8-6-17)14(19)13-9-16-10-20-13/h1-4,9-10H,5-8,15H2. The molecule has 0 spiro atoms. The summed E-state index contributed by atoms with van der Waals surface area (Å²) in [6, 6.07) is 7.86. The van der Waals surface area contributed by atoms with Crippen LogP contribution in [-0.2, 0) is 0 Å². The molecule has 1 aliphatic rings. The van der Waals surface area contributed by atoms with E-state index in [1.54, 1.807) is 11.7 Å². The SMILES string of the molecule is Nc1ccc(N2CCN(C(=O)c3cncs3)CC2)cc1. The molecule has 0 atom stereocenters. The van der Waals surface area contributed by atoms with Crippen LogP contribution in [0.2, 0.25) is 0 Å². The summed E-state index contributed by atoms with van der Waals surface area (Å²) in [4.78, 5) is 21.0. The van der Waals surface area contributed by atoms with Gasteiger partial charge in [-0.15, -0.1) is 11.3 Å². The van der Waals surface area contributed by atoms with Gasteiger partial charge in [-0.2, -0.15) is 0 Å². The molecular weight excluding hydrogens is 272 g/mol. The molecule has 1 aliphatic heterocycles. The molecule has 2 aromatic rings. The molecule has 1 fully saturated rings. The first-order valence-corrected chi connectivity index (χ1v) is 7.40. The Bertz CT molecular complexity index is 574. The lowest BCUT2D eigenvalue weighted by Gasteiger charge is -2.35. The van der Waals surface area contributed by atoms with E-state index < -0.39 is 0 Å². The van der Waals surface area contributed by atoms with Gasteiger partial charge in [-0.25, -0.2) is 0 Å². The lowest BCUT2D eigenvalue weighted by atomic mass is 10.2. The Balaban J connectivity index is 1.62. The smallest absolute Gasteiger partial charge is 0.265 e. The molecule has 2 N–H and O–H groups in total. The Morgan fingerprint density at radius 1 is 1.15 bits per heavy atom. The quantitative estimate of drug-likeness (QED) is 0.854. The van der Waals surface area contributed by atoms with Gasteiger partial charge in [0, 0.05) is 37.6 Å². The van der Waals surface area contributed by atoms with Crippen molar-refractivity contribution in [3.63, 3.8) is 0 Å². The summed E-state index contributed by atoms with van der Waals surface area (Å²) in [5.41, 5.74) is 9.32. The first kappa shape index (κ1) is 12.9. The number of benzene rings is 1. The van der Waals surface area contributed by atoms with Crippen LogP contribution in [0.5, 0.6) is 0 Å². The molecule has 104 valence electrons. The molecule has 1 saturated heterocycles. The zero-order valence-corrected chi connectivity index (χ0v) is 11.8. The summed E-state index contributed by atoms with van der Waals surface area (Å²) in [5.74, 6) is 0.0875. The van der Waals surface area contributed by atoms with Crippen LogP contribution < -0.4 is 10.6 Å². The maximum atomic E-state index is 12.2. The molecule has 20 heavy (non-hydrogen) atoms. The second kappa shape index (κ2) is 5.50. The van der Waals surface area contributed by atoms with Gasteiger partial charge in [0.15, 0.2) is 0 Å². The third-order valence-corrected chi connectivity index (χ3v) is 4.23. The molecule has 0 unspecified atom stereocenters. The number of anilines is 2. The summed E-state index contributed by atoms with van der Waals surface area (Å²) in [5, 5.41) is 0. The number of aromatic nitrogens is 1. The molecule has 1 amide bonds. The average molecular weight is 288 g/mol. The predicted octanol–water partition coefficient (Wildman–Crippen LogP) is 1.69. The van der Waals surface area contributed by atoms with E-state index in [4.69, 9.17) is 5.73 Å². The number of rotatable bonds is 2. The minimum absolute atomic E-state index is 0.0875. The first-order valence-electron chi connectivity index (χ1n) is 6.52. The lowest BCUT2D eigenvalue weighted by Crippen LogP contribution is -2.48. The van der Waals surface area contributed by atoms with E-state index in [2.05, 4.69) is 9.88 Å². The molecule has 0 bridgehead atoms. The van der Waals surface area contributed by atoms with Gasteiger partial charge in [0.25, 0.3) is 5.91 Å². The van der Waals surface area contributed by atoms with Gasteiger partial charge < -0.3 is 15.5 Å². The Hall–Kier alpha value is -2.08. The Labute approximate surface area is 121 Å². The average Bonchev–Trinajstić information content (AvgIpc) is 3.02. The van der Waals surface area contributed by atoms with Crippen molar-refractivity contribution < 1.29 is 4.79 Å². The number of hydrogen-bond acceptors (Lipinski definition) is 5. The number of piperazine rings is 1. The molecule has 1 aromatic heterocycles. The van der Waals surface area contributed by atoms with Crippen LogP contribution in [0.15, 0.2) is 36.0 Å². The van der Waals surface area contributed by atoms with Crippen LogP contribution in [0, 0.1) is 0 Å². The fourth-order valence-corrected chi connectivity index (χ4v) is 2.92. The monoisotopic (exact) mass is 288 g/mol. The molecule has 2 heterocycles. The number of hydrogen-bond donors (Lipinski definition) is 1. The third-order valence-electron chi connectivity index (χ3n) is 3.47. The molecule has 1 aromatic carbocycles. The summed E-state index contributed by atoms with van der Waals surface area (Å²) in [6.07, 6.45) is 1.64. The van der Waals surface area contributed by atoms with Crippen LogP contribution in [0.25, 0.3) is 0 Å². The number of thiazole rings is 1. The number of nitrogens with zero attached hydrogens (tertiary/aromatic N) is 3. The highest BCUT2D eigenvalue weighted by atomic mass is 32.1. The van der Waals surface area contributed by atoms with E-state index in [0.29, 0.717) is 4.88 Å². The van der Waals surface area contributed by atoms with E-state index in [0.717, 1.165) is 37.6 Å². The van der Waals surface area contributed by atoms with Crippen molar-refractivity contribution in [2.75, 3.05) is 36.8 Å². The van der Waals surface area contributed by atoms with Gasteiger partial charge >= 0.3 is 0 Å². The topological polar surface area (TPSA) is 62.5 Å². The van der Waals surface area contributed by atoms with Gasteiger partial charge in [0.05, 0.1) is 11.7 Å². The van der Waals surface area contributed by atoms with Crippen LogP contribution in [0.3, 0.4) is 0 Å². The fourth-order valence-electron chi connectivity index (χ4n) is 2.33. The van der Waals surface area contributed by atoms with E-state index in [1.807, 2.05) is 29.2 Å². The van der Waals surface area contributed by atoms with Crippen molar-refractivity contribution in [3.8, 4) is 0 Å². The fraction of sp³-hybridized carbons (Fsp3) is 0.286. The maximum Gasteiger partial charge on any atom is 0.265 e. The Kier molecular flexibility index (Phi) is 3.56. The van der Waals surface area contributed by atoms with E-state index >= 15 is 0 Å². The zero-order chi connectivity index (χ0) is 13.9. The Morgan fingerprint density at radius 2 is 1.85 bits per heavy atom. The molecule has 3 rings (SSSR count). The third kappa shape index (κ3) is 2.60. The van der Waals surface area contributed by atoms with Gasteiger partial charge in [0.1, 0.15) is 4.88 Å². The Morgan fingerprint density at radius 3 is 2.45 bits per heavy atom.